The molecule has 0 spiro atoms. The second kappa shape index (κ2) is 14.7. The van der Waals surface area contributed by atoms with Gasteiger partial charge in [-0.15, -0.1) is 0 Å². The van der Waals surface area contributed by atoms with E-state index >= 15 is 0 Å². The van der Waals surface area contributed by atoms with Gasteiger partial charge in [0, 0.05) is 55.3 Å². The van der Waals surface area contributed by atoms with E-state index in [1.54, 1.807) is 38.4 Å². The van der Waals surface area contributed by atoms with Crippen molar-refractivity contribution in [3.05, 3.63) is 101 Å². The molecule has 3 rings (SSSR count). The molecular weight excluding hydrogens is 574 g/mol. The van der Waals surface area contributed by atoms with Crippen LogP contribution in [0.2, 0.25) is 0 Å². The minimum Gasteiger partial charge on any atom is -0.483 e. The van der Waals surface area contributed by atoms with E-state index in [-0.39, 0.29) is 29.5 Å². The van der Waals surface area contributed by atoms with Crippen LogP contribution in [0.15, 0.2) is 72.5 Å². The lowest BCUT2D eigenvalue weighted by molar-refractivity contribution is -0.108. The first-order valence-corrected chi connectivity index (χ1v) is 13.3. The largest absolute Gasteiger partial charge is 0.483 e. The van der Waals surface area contributed by atoms with E-state index in [1.807, 2.05) is 4.90 Å². The van der Waals surface area contributed by atoms with Crippen molar-refractivity contribution in [3.8, 4) is 11.1 Å². The third-order valence-corrected chi connectivity index (χ3v) is 6.58. The monoisotopic (exact) mass is 610 g/mol. The summed E-state index contributed by atoms with van der Waals surface area (Å²) in [6.07, 6.45) is 4.67. The van der Waals surface area contributed by atoms with E-state index in [0.717, 1.165) is 22.0 Å². The first-order valence-electron chi connectivity index (χ1n) is 13.3. The Kier molecular flexibility index (Phi) is 11.1. The molecule has 0 atom stereocenters. The number of carbonyl (C=O) groups excluding carboxylic acids is 3. The number of amides is 4. The summed E-state index contributed by atoms with van der Waals surface area (Å²) in [6.45, 7) is -0.286. The van der Waals surface area contributed by atoms with Crippen LogP contribution in [0.25, 0.3) is 11.1 Å². The van der Waals surface area contributed by atoms with Crippen molar-refractivity contribution in [2.24, 2.45) is 11.5 Å². The quantitative estimate of drug-likeness (QED) is 0.140. The summed E-state index contributed by atoms with van der Waals surface area (Å²) in [6, 6.07) is 9.80. The predicted octanol–water partition coefficient (Wildman–Crippen LogP) is 2.86. The summed E-state index contributed by atoms with van der Waals surface area (Å²) in [4.78, 5) is 41.3. The van der Waals surface area contributed by atoms with Crippen LogP contribution < -0.4 is 27.1 Å². The first-order chi connectivity index (χ1) is 20.9. The molecule has 3 aromatic rings. The number of hydrogen-bond donors (Lipinski definition) is 4. The van der Waals surface area contributed by atoms with Crippen LogP contribution >= 0.6 is 0 Å². The third kappa shape index (κ3) is 7.72. The average Bonchev–Trinajstić information content (AvgIpc) is 3.36. The van der Waals surface area contributed by atoms with Crippen LogP contribution in [0, 0.1) is 11.6 Å². The van der Waals surface area contributed by atoms with E-state index in [2.05, 4.69) is 10.6 Å². The highest BCUT2D eigenvalue weighted by Gasteiger charge is 2.29. The SMILES string of the molecule is CNC(=O)Nc1ccc(-c2cn(N(C=O)Cc3c(F)cccc3F)c(C(=O)N(C)/C(N)=C/C=C(\N)OC)c2CN(C)C)cc1. The Labute approximate surface area is 254 Å². The van der Waals surface area contributed by atoms with Crippen molar-refractivity contribution in [1.82, 2.24) is 19.8 Å². The molecule has 14 heteroatoms. The number of halogens is 2. The van der Waals surface area contributed by atoms with E-state index in [0.29, 0.717) is 28.8 Å². The van der Waals surface area contributed by atoms with E-state index in [1.165, 1.54) is 50.3 Å². The maximum absolute atomic E-state index is 14.7. The van der Waals surface area contributed by atoms with Crippen molar-refractivity contribution in [2.45, 2.75) is 13.1 Å². The van der Waals surface area contributed by atoms with Gasteiger partial charge in [0.15, 0.2) is 5.88 Å². The molecule has 44 heavy (non-hydrogen) atoms. The van der Waals surface area contributed by atoms with Gasteiger partial charge in [-0.25, -0.2) is 18.6 Å². The number of urea groups is 1. The Hall–Kier alpha value is -5.37. The lowest BCUT2D eigenvalue weighted by Crippen LogP contribution is -2.39. The Morgan fingerprint density at radius 1 is 0.977 bits per heavy atom. The van der Waals surface area contributed by atoms with Crippen LogP contribution in [0.5, 0.6) is 0 Å². The molecule has 12 nitrogen and oxygen atoms in total. The molecule has 0 radical (unpaired) electrons. The van der Waals surface area contributed by atoms with Crippen LogP contribution in [-0.2, 0) is 22.6 Å². The molecule has 234 valence electrons. The highest BCUT2D eigenvalue weighted by atomic mass is 19.1. The molecule has 0 unspecified atom stereocenters. The van der Waals surface area contributed by atoms with E-state index < -0.39 is 30.1 Å². The zero-order valence-electron chi connectivity index (χ0n) is 25.1. The zero-order chi connectivity index (χ0) is 32.6. The number of hydrogen-bond acceptors (Lipinski definition) is 7. The number of anilines is 1. The van der Waals surface area contributed by atoms with Gasteiger partial charge >= 0.3 is 6.03 Å². The van der Waals surface area contributed by atoms with Crippen LogP contribution in [0.1, 0.15) is 21.6 Å². The normalized spacial score (nSPS) is 11.7. The number of ether oxygens (including phenoxy) is 1. The Bertz CT molecular complexity index is 1550. The zero-order valence-corrected chi connectivity index (χ0v) is 25.1. The summed E-state index contributed by atoms with van der Waals surface area (Å²) < 4.78 is 35.5. The van der Waals surface area contributed by atoms with Gasteiger partial charge in [-0.05, 0) is 50.0 Å². The molecule has 0 saturated carbocycles. The number of carbonyl (C=O) groups is 3. The molecule has 2 aromatic carbocycles. The summed E-state index contributed by atoms with van der Waals surface area (Å²) in [5.41, 5.74) is 13.7. The van der Waals surface area contributed by atoms with Gasteiger partial charge in [0.2, 0.25) is 6.41 Å². The second-order valence-electron chi connectivity index (χ2n) is 9.87. The van der Waals surface area contributed by atoms with Crippen molar-refractivity contribution in [2.75, 3.05) is 45.6 Å². The van der Waals surface area contributed by atoms with Crippen LogP contribution in [0.3, 0.4) is 0 Å². The van der Waals surface area contributed by atoms with Gasteiger partial charge in [0.25, 0.3) is 5.91 Å². The van der Waals surface area contributed by atoms with Crippen LogP contribution in [0.4, 0.5) is 19.3 Å². The van der Waals surface area contributed by atoms with Crippen molar-refractivity contribution < 1.29 is 27.9 Å². The highest BCUT2D eigenvalue weighted by molar-refractivity contribution is 5.98. The van der Waals surface area contributed by atoms with Crippen LogP contribution in [-0.4, -0.2) is 68.1 Å². The Morgan fingerprint density at radius 2 is 1.61 bits per heavy atom. The molecule has 0 aliphatic carbocycles. The molecule has 4 amide bonds. The number of benzene rings is 2. The molecule has 0 aliphatic heterocycles. The van der Waals surface area contributed by atoms with Gasteiger partial charge in [0.1, 0.15) is 23.1 Å². The van der Waals surface area contributed by atoms with Gasteiger partial charge in [-0.3, -0.25) is 19.2 Å². The lowest BCUT2D eigenvalue weighted by atomic mass is 10.0. The molecular formula is C30H36F2N8O4. The fourth-order valence-corrected chi connectivity index (χ4v) is 4.25. The summed E-state index contributed by atoms with van der Waals surface area (Å²) in [5.74, 6) is -2.26. The topological polar surface area (TPSA) is 151 Å². The molecule has 6 N–H and O–H groups in total. The fourth-order valence-electron chi connectivity index (χ4n) is 4.25. The van der Waals surface area contributed by atoms with Crippen molar-refractivity contribution in [1.29, 1.82) is 0 Å². The van der Waals surface area contributed by atoms with Crippen molar-refractivity contribution >= 4 is 24.0 Å². The van der Waals surface area contributed by atoms with Gasteiger partial charge in [-0.2, -0.15) is 0 Å². The van der Waals surface area contributed by atoms with E-state index in [4.69, 9.17) is 16.2 Å². The summed E-state index contributed by atoms with van der Waals surface area (Å²) in [7, 11) is 7.90. The molecule has 1 aromatic heterocycles. The van der Waals surface area contributed by atoms with Gasteiger partial charge in [0.05, 0.1) is 13.7 Å². The number of rotatable bonds is 12. The Morgan fingerprint density at radius 3 is 2.16 bits per heavy atom. The minimum atomic E-state index is -0.850. The minimum absolute atomic E-state index is 0.00234. The van der Waals surface area contributed by atoms with Gasteiger partial charge in [-0.1, -0.05) is 18.2 Å². The first kappa shape index (κ1) is 33.1. The van der Waals surface area contributed by atoms with E-state index in [9.17, 15) is 23.2 Å². The highest BCUT2D eigenvalue weighted by Crippen LogP contribution is 2.32. The predicted molar refractivity (Wildman–Crippen MR) is 163 cm³/mol. The number of nitrogens with two attached hydrogens (primary N) is 2. The Balaban J connectivity index is 2.25. The smallest absolute Gasteiger partial charge is 0.318 e. The molecule has 0 bridgehead atoms. The summed E-state index contributed by atoms with van der Waals surface area (Å²) >= 11 is 0. The molecule has 0 fully saturated rings. The lowest BCUT2D eigenvalue weighted by Gasteiger charge is -2.25. The third-order valence-electron chi connectivity index (χ3n) is 6.58. The molecule has 0 saturated heterocycles. The standard InChI is InChI=1S/C30H36F2N8O4/c1-35-30(43)36-20-11-9-19(10-12-20)21-17-40(39(18-41)16-23-24(31)7-6-8-25(23)32)28(22(21)15-37(2)3)29(42)38(4)26(33)13-14-27(34)44-5/h6-14,17-18H,15-16,33-34H2,1-5H3,(H2,35,36,43)/b26-13+,27-14+. The molecule has 1 heterocycles. The van der Waals surface area contributed by atoms with Gasteiger partial charge < -0.3 is 31.7 Å². The number of methoxy groups -OCH3 is 1. The number of nitrogens with one attached hydrogen (secondary N) is 2. The van der Waals surface area contributed by atoms with Crippen molar-refractivity contribution in [3.63, 3.8) is 0 Å². The number of allylic oxidation sites excluding steroid dienone is 2. The molecule has 0 aliphatic rings. The fraction of sp³-hybridized carbons (Fsp3) is 0.233. The second-order valence-corrected chi connectivity index (χ2v) is 9.87. The number of nitrogens with zero attached hydrogens (tertiary/aromatic N) is 4. The number of aromatic nitrogens is 1. The summed E-state index contributed by atoms with van der Waals surface area (Å²) in [5, 5.41) is 6.14. The maximum Gasteiger partial charge on any atom is 0.318 e. The maximum atomic E-state index is 14.7. The average molecular weight is 611 g/mol.